The first-order valence-corrected chi connectivity index (χ1v) is 7.55. The van der Waals surface area contributed by atoms with E-state index in [-0.39, 0.29) is 6.03 Å². The SMILES string of the molecule is O=C(NCc1ccccc1Cl)Nc1nc2ccccc2s1. The number of carbonyl (C=O) groups excluding carboxylic acids is 1. The Bertz CT molecular complexity index is 754. The Balaban J connectivity index is 1.62. The summed E-state index contributed by atoms with van der Waals surface area (Å²) in [5, 5.41) is 6.71. The number of anilines is 1. The lowest BCUT2D eigenvalue weighted by Crippen LogP contribution is -2.28. The summed E-state index contributed by atoms with van der Waals surface area (Å²) in [6.45, 7) is 0.371. The second-order valence-electron chi connectivity index (χ2n) is 4.39. The number of rotatable bonds is 3. The summed E-state index contributed by atoms with van der Waals surface area (Å²) in [5.41, 5.74) is 1.75. The summed E-state index contributed by atoms with van der Waals surface area (Å²) in [6, 6.07) is 14.9. The van der Waals surface area contributed by atoms with Crippen molar-refractivity contribution in [2.75, 3.05) is 5.32 Å². The molecule has 2 amide bonds. The van der Waals surface area contributed by atoms with Crippen molar-refractivity contribution in [1.82, 2.24) is 10.3 Å². The number of carbonyl (C=O) groups is 1. The van der Waals surface area contributed by atoms with E-state index in [1.807, 2.05) is 42.5 Å². The second kappa shape index (κ2) is 6.11. The number of hydrogen-bond acceptors (Lipinski definition) is 3. The number of benzene rings is 2. The molecule has 0 spiro atoms. The van der Waals surface area contributed by atoms with Crippen molar-refractivity contribution in [2.45, 2.75) is 6.54 Å². The van der Waals surface area contributed by atoms with Crippen molar-refractivity contribution in [3.63, 3.8) is 0 Å². The molecule has 0 radical (unpaired) electrons. The maximum absolute atomic E-state index is 11.9. The van der Waals surface area contributed by atoms with Crippen LogP contribution in [-0.2, 0) is 6.54 Å². The molecule has 0 saturated carbocycles. The normalized spacial score (nSPS) is 10.5. The van der Waals surface area contributed by atoms with Gasteiger partial charge in [0.15, 0.2) is 5.13 Å². The summed E-state index contributed by atoms with van der Waals surface area (Å²) in [4.78, 5) is 16.2. The molecule has 6 heteroatoms. The molecule has 1 heterocycles. The van der Waals surface area contributed by atoms with E-state index in [1.165, 1.54) is 11.3 Å². The standard InChI is InChI=1S/C15H12ClN3OS/c16-11-6-2-1-5-10(11)9-17-14(20)19-15-18-12-7-3-4-8-13(12)21-15/h1-8H,9H2,(H2,17,18,19,20). The number of para-hydroxylation sites is 1. The van der Waals surface area contributed by atoms with Crippen molar-refractivity contribution in [2.24, 2.45) is 0 Å². The van der Waals surface area contributed by atoms with Crippen LogP contribution in [0.5, 0.6) is 0 Å². The number of aromatic nitrogens is 1. The van der Waals surface area contributed by atoms with Crippen molar-refractivity contribution in [3.05, 3.63) is 59.1 Å². The molecular formula is C15H12ClN3OS. The maximum Gasteiger partial charge on any atom is 0.321 e. The van der Waals surface area contributed by atoms with E-state index in [0.29, 0.717) is 16.7 Å². The predicted octanol–water partition coefficient (Wildman–Crippen LogP) is 4.27. The first-order valence-electron chi connectivity index (χ1n) is 6.36. The highest BCUT2D eigenvalue weighted by Gasteiger charge is 2.07. The summed E-state index contributed by atoms with van der Waals surface area (Å²) in [7, 11) is 0. The third-order valence-electron chi connectivity index (χ3n) is 2.91. The molecule has 106 valence electrons. The summed E-state index contributed by atoms with van der Waals surface area (Å²) in [5.74, 6) is 0. The van der Waals surface area contributed by atoms with Crippen molar-refractivity contribution >= 4 is 44.3 Å². The van der Waals surface area contributed by atoms with Gasteiger partial charge in [-0.15, -0.1) is 0 Å². The Kier molecular flexibility index (Phi) is 4.03. The van der Waals surface area contributed by atoms with E-state index in [0.717, 1.165) is 15.8 Å². The van der Waals surface area contributed by atoms with E-state index in [1.54, 1.807) is 6.07 Å². The monoisotopic (exact) mass is 317 g/mol. The highest BCUT2D eigenvalue weighted by Crippen LogP contribution is 2.25. The van der Waals surface area contributed by atoms with Gasteiger partial charge in [0.2, 0.25) is 0 Å². The Morgan fingerprint density at radius 2 is 1.90 bits per heavy atom. The van der Waals surface area contributed by atoms with E-state index in [4.69, 9.17) is 11.6 Å². The van der Waals surface area contributed by atoms with Gasteiger partial charge >= 0.3 is 6.03 Å². The molecule has 0 saturated heterocycles. The van der Waals surface area contributed by atoms with Crippen LogP contribution in [0.15, 0.2) is 48.5 Å². The number of halogens is 1. The minimum atomic E-state index is -0.297. The number of hydrogen-bond donors (Lipinski definition) is 2. The van der Waals surface area contributed by atoms with Crippen LogP contribution >= 0.6 is 22.9 Å². The van der Waals surface area contributed by atoms with Gasteiger partial charge in [-0.2, -0.15) is 0 Å². The molecule has 0 atom stereocenters. The zero-order valence-electron chi connectivity index (χ0n) is 11.0. The third-order valence-corrected chi connectivity index (χ3v) is 4.23. The van der Waals surface area contributed by atoms with E-state index < -0.39 is 0 Å². The van der Waals surface area contributed by atoms with E-state index >= 15 is 0 Å². The Morgan fingerprint density at radius 1 is 1.14 bits per heavy atom. The number of urea groups is 1. The van der Waals surface area contributed by atoms with Gasteiger partial charge in [0.05, 0.1) is 10.2 Å². The molecule has 0 unspecified atom stereocenters. The lowest BCUT2D eigenvalue weighted by atomic mass is 10.2. The first kappa shape index (κ1) is 13.9. The summed E-state index contributed by atoms with van der Waals surface area (Å²) in [6.07, 6.45) is 0. The number of amides is 2. The molecule has 21 heavy (non-hydrogen) atoms. The lowest BCUT2D eigenvalue weighted by Gasteiger charge is -2.06. The number of nitrogens with one attached hydrogen (secondary N) is 2. The number of nitrogens with zero attached hydrogens (tertiary/aromatic N) is 1. The summed E-state index contributed by atoms with van der Waals surface area (Å²) >= 11 is 7.48. The minimum Gasteiger partial charge on any atom is -0.334 e. The fraction of sp³-hybridized carbons (Fsp3) is 0.0667. The highest BCUT2D eigenvalue weighted by molar-refractivity contribution is 7.22. The number of fused-ring (bicyclic) bond motifs is 1. The summed E-state index contributed by atoms with van der Waals surface area (Å²) < 4.78 is 1.04. The molecule has 1 aromatic heterocycles. The van der Waals surface area contributed by atoms with E-state index in [2.05, 4.69) is 15.6 Å². The number of thiazole rings is 1. The van der Waals surface area contributed by atoms with Crippen LogP contribution in [0.4, 0.5) is 9.93 Å². The van der Waals surface area contributed by atoms with Gasteiger partial charge in [-0.25, -0.2) is 9.78 Å². The molecule has 0 aliphatic heterocycles. The van der Waals surface area contributed by atoms with E-state index in [9.17, 15) is 4.79 Å². The molecule has 4 nitrogen and oxygen atoms in total. The Labute approximate surface area is 130 Å². The molecular weight excluding hydrogens is 306 g/mol. The third kappa shape index (κ3) is 3.32. The zero-order chi connectivity index (χ0) is 14.7. The quantitative estimate of drug-likeness (QED) is 0.758. The fourth-order valence-electron chi connectivity index (χ4n) is 1.88. The second-order valence-corrected chi connectivity index (χ2v) is 5.82. The molecule has 0 bridgehead atoms. The van der Waals surface area contributed by atoms with Gasteiger partial charge in [-0.05, 0) is 23.8 Å². The van der Waals surface area contributed by atoms with Crippen molar-refractivity contribution in [1.29, 1.82) is 0 Å². The molecule has 2 N–H and O–H groups in total. The van der Waals surface area contributed by atoms with Gasteiger partial charge in [0.25, 0.3) is 0 Å². The van der Waals surface area contributed by atoms with Crippen molar-refractivity contribution < 1.29 is 4.79 Å². The molecule has 3 aromatic rings. The van der Waals surface area contributed by atoms with Crippen LogP contribution in [0.2, 0.25) is 5.02 Å². The molecule has 3 rings (SSSR count). The van der Waals surface area contributed by atoms with Crippen LogP contribution < -0.4 is 10.6 Å². The minimum absolute atomic E-state index is 0.297. The van der Waals surface area contributed by atoms with Gasteiger partial charge < -0.3 is 5.32 Å². The van der Waals surface area contributed by atoms with Crippen LogP contribution in [-0.4, -0.2) is 11.0 Å². The van der Waals surface area contributed by atoms with Gasteiger partial charge in [0.1, 0.15) is 0 Å². The Hall–Kier alpha value is -2.11. The van der Waals surface area contributed by atoms with Crippen LogP contribution in [0, 0.1) is 0 Å². The zero-order valence-corrected chi connectivity index (χ0v) is 12.5. The smallest absolute Gasteiger partial charge is 0.321 e. The van der Waals surface area contributed by atoms with Gasteiger partial charge in [-0.1, -0.05) is 53.3 Å². The average Bonchev–Trinajstić information content (AvgIpc) is 2.88. The van der Waals surface area contributed by atoms with Crippen LogP contribution in [0.3, 0.4) is 0 Å². The molecule has 2 aromatic carbocycles. The fourth-order valence-corrected chi connectivity index (χ4v) is 2.95. The molecule has 0 aliphatic rings. The van der Waals surface area contributed by atoms with Gasteiger partial charge in [0, 0.05) is 11.6 Å². The van der Waals surface area contributed by atoms with Crippen LogP contribution in [0.25, 0.3) is 10.2 Å². The maximum atomic E-state index is 11.9. The van der Waals surface area contributed by atoms with Gasteiger partial charge in [-0.3, -0.25) is 5.32 Å². The topological polar surface area (TPSA) is 54.0 Å². The Morgan fingerprint density at radius 3 is 2.71 bits per heavy atom. The van der Waals surface area contributed by atoms with Crippen molar-refractivity contribution in [3.8, 4) is 0 Å². The first-order chi connectivity index (χ1) is 10.2. The average molecular weight is 318 g/mol. The largest absolute Gasteiger partial charge is 0.334 e. The predicted molar refractivity (Wildman–Crippen MR) is 86.9 cm³/mol. The highest BCUT2D eigenvalue weighted by atomic mass is 35.5. The molecule has 0 aliphatic carbocycles. The van der Waals surface area contributed by atoms with Crippen LogP contribution in [0.1, 0.15) is 5.56 Å². The lowest BCUT2D eigenvalue weighted by molar-refractivity contribution is 0.251. The molecule has 0 fully saturated rings.